The predicted molar refractivity (Wildman–Crippen MR) is 80.9 cm³/mol. The molecule has 1 saturated carbocycles. The van der Waals surface area contributed by atoms with Crippen LogP contribution in [0.2, 0.25) is 0 Å². The van der Waals surface area contributed by atoms with E-state index in [9.17, 15) is 0 Å². The number of hydrogen-bond donors (Lipinski definition) is 1. The molecule has 2 nitrogen and oxygen atoms in total. The lowest BCUT2D eigenvalue weighted by Gasteiger charge is -2.25. The summed E-state index contributed by atoms with van der Waals surface area (Å²) < 4.78 is 2.34. The van der Waals surface area contributed by atoms with Gasteiger partial charge in [-0.3, -0.25) is 0 Å². The summed E-state index contributed by atoms with van der Waals surface area (Å²) in [5, 5.41) is 1.12. The Kier molecular flexibility index (Phi) is 3.43. The molecule has 4 heteroatoms. The van der Waals surface area contributed by atoms with Crippen molar-refractivity contribution in [3.05, 3.63) is 27.7 Å². The van der Waals surface area contributed by atoms with Crippen molar-refractivity contribution in [3.63, 3.8) is 0 Å². The number of nitrogens with zero attached hydrogens (tertiary/aromatic N) is 1. The standard InChI is InChI=1S/C14H17BrN2S/c15-10-5-6-11-12(9-10)18-13(17-11)14(16)7-3-1-2-4-8-14/h5-6,9H,1-4,7-8,16H2. The topological polar surface area (TPSA) is 38.9 Å². The van der Waals surface area contributed by atoms with E-state index in [4.69, 9.17) is 10.7 Å². The average molecular weight is 325 g/mol. The number of nitrogens with two attached hydrogens (primary N) is 1. The van der Waals surface area contributed by atoms with E-state index in [1.807, 2.05) is 6.07 Å². The van der Waals surface area contributed by atoms with Gasteiger partial charge in [0, 0.05) is 4.47 Å². The highest BCUT2D eigenvalue weighted by Crippen LogP contribution is 2.38. The molecule has 2 N–H and O–H groups in total. The van der Waals surface area contributed by atoms with Crippen LogP contribution >= 0.6 is 27.3 Å². The quantitative estimate of drug-likeness (QED) is 0.780. The highest BCUT2D eigenvalue weighted by Gasteiger charge is 2.31. The molecule has 0 unspecified atom stereocenters. The molecule has 18 heavy (non-hydrogen) atoms. The van der Waals surface area contributed by atoms with Crippen molar-refractivity contribution in [1.29, 1.82) is 0 Å². The molecule has 0 spiro atoms. The zero-order chi connectivity index (χ0) is 12.6. The first-order chi connectivity index (χ1) is 8.67. The number of aromatic nitrogens is 1. The van der Waals surface area contributed by atoms with E-state index in [2.05, 4.69) is 28.1 Å². The van der Waals surface area contributed by atoms with E-state index in [-0.39, 0.29) is 5.54 Å². The van der Waals surface area contributed by atoms with Gasteiger partial charge < -0.3 is 5.73 Å². The van der Waals surface area contributed by atoms with Crippen LogP contribution in [0.5, 0.6) is 0 Å². The van der Waals surface area contributed by atoms with Crippen LogP contribution in [0.1, 0.15) is 43.5 Å². The first-order valence-corrected chi connectivity index (χ1v) is 8.14. The first-order valence-electron chi connectivity index (χ1n) is 6.53. The minimum absolute atomic E-state index is 0.188. The van der Waals surface area contributed by atoms with E-state index < -0.39 is 0 Å². The predicted octanol–water partition coefficient (Wildman–Crippen LogP) is 4.57. The molecule has 0 amide bonds. The molecule has 2 aromatic rings. The van der Waals surface area contributed by atoms with Crippen molar-refractivity contribution >= 4 is 37.5 Å². The summed E-state index contributed by atoms with van der Waals surface area (Å²) in [6.07, 6.45) is 7.25. The SMILES string of the molecule is NC1(c2nc3ccc(Br)cc3s2)CCCCCC1. The van der Waals surface area contributed by atoms with Crippen LogP contribution in [-0.4, -0.2) is 4.98 Å². The fraction of sp³-hybridized carbons (Fsp3) is 0.500. The van der Waals surface area contributed by atoms with E-state index >= 15 is 0 Å². The van der Waals surface area contributed by atoms with Gasteiger partial charge in [0.15, 0.2) is 0 Å². The number of hydrogen-bond acceptors (Lipinski definition) is 3. The van der Waals surface area contributed by atoms with Crippen LogP contribution in [0, 0.1) is 0 Å². The van der Waals surface area contributed by atoms with E-state index in [1.165, 1.54) is 30.4 Å². The lowest BCUT2D eigenvalue weighted by molar-refractivity contribution is 0.384. The molecule has 1 heterocycles. The van der Waals surface area contributed by atoms with Gasteiger partial charge in [-0.2, -0.15) is 0 Å². The summed E-state index contributed by atoms with van der Waals surface area (Å²) >= 11 is 5.27. The molecule has 1 aliphatic carbocycles. The monoisotopic (exact) mass is 324 g/mol. The second-order valence-corrected chi connectivity index (χ2v) is 7.15. The molecule has 0 atom stereocenters. The average Bonchev–Trinajstić information content (AvgIpc) is 2.65. The highest BCUT2D eigenvalue weighted by molar-refractivity contribution is 9.10. The largest absolute Gasteiger partial charge is 0.319 e. The molecule has 1 aliphatic rings. The van der Waals surface area contributed by atoms with Gasteiger partial charge in [0.1, 0.15) is 5.01 Å². The summed E-state index contributed by atoms with van der Waals surface area (Å²) in [7, 11) is 0. The van der Waals surface area contributed by atoms with Crippen molar-refractivity contribution < 1.29 is 0 Å². The lowest BCUT2D eigenvalue weighted by atomic mass is 9.92. The van der Waals surface area contributed by atoms with Crippen LogP contribution in [0.15, 0.2) is 22.7 Å². The van der Waals surface area contributed by atoms with Crippen molar-refractivity contribution in [2.45, 2.75) is 44.1 Å². The van der Waals surface area contributed by atoms with Crippen molar-refractivity contribution in [2.24, 2.45) is 5.73 Å². The minimum atomic E-state index is -0.188. The van der Waals surface area contributed by atoms with Gasteiger partial charge in [0.2, 0.25) is 0 Å². The van der Waals surface area contributed by atoms with E-state index in [0.29, 0.717) is 0 Å². The van der Waals surface area contributed by atoms with Crippen LogP contribution in [-0.2, 0) is 5.54 Å². The maximum absolute atomic E-state index is 6.62. The summed E-state index contributed by atoms with van der Waals surface area (Å²) in [6, 6.07) is 6.25. The molecular weight excluding hydrogens is 308 g/mol. The molecule has 0 saturated heterocycles. The number of rotatable bonds is 1. The third kappa shape index (κ3) is 2.33. The second kappa shape index (κ2) is 4.91. The number of fused-ring (bicyclic) bond motifs is 1. The smallest absolute Gasteiger partial charge is 0.114 e. The van der Waals surface area contributed by atoms with Crippen LogP contribution < -0.4 is 5.73 Å². The zero-order valence-electron chi connectivity index (χ0n) is 10.3. The van der Waals surface area contributed by atoms with Gasteiger partial charge in [-0.25, -0.2) is 4.98 Å². The van der Waals surface area contributed by atoms with Crippen molar-refractivity contribution in [1.82, 2.24) is 4.98 Å². The van der Waals surface area contributed by atoms with E-state index in [1.54, 1.807) is 11.3 Å². The van der Waals surface area contributed by atoms with Crippen molar-refractivity contribution in [2.75, 3.05) is 0 Å². The van der Waals surface area contributed by atoms with Gasteiger partial charge in [0.25, 0.3) is 0 Å². The molecule has 0 aliphatic heterocycles. The van der Waals surface area contributed by atoms with Crippen LogP contribution in [0.25, 0.3) is 10.2 Å². The molecule has 96 valence electrons. The Balaban J connectivity index is 2.02. The normalized spacial score (nSPS) is 19.9. The van der Waals surface area contributed by atoms with Gasteiger partial charge in [0.05, 0.1) is 15.8 Å². The van der Waals surface area contributed by atoms with Gasteiger partial charge in [-0.15, -0.1) is 11.3 Å². The van der Waals surface area contributed by atoms with Crippen LogP contribution in [0.3, 0.4) is 0 Å². The molecule has 1 fully saturated rings. The lowest BCUT2D eigenvalue weighted by Crippen LogP contribution is -2.35. The highest BCUT2D eigenvalue weighted by atomic mass is 79.9. The fourth-order valence-electron chi connectivity index (χ4n) is 2.68. The van der Waals surface area contributed by atoms with Crippen molar-refractivity contribution in [3.8, 4) is 0 Å². The first kappa shape index (κ1) is 12.6. The Morgan fingerprint density at radius 1 is 1.17 bits per heavy atom. The Morgan fingerprint density at radius 3 is 2.61 bits per heavy atom. The number of benzene rings is 1. The van der Waals surface area contributed by atoms with E-state index in [0.717, 1.165) is 27.8 Å². The fourth-order valence-corrected chi connectivity index (χ4v) is 4.36. The molecular formula is C14H17BrN2S. The third-order valence-electron chi connectivity index (χ3n) is 3.77. The Labute approximate surface area is 120 Å². The molecule has 3 rings (SSSR count). The number of halogens is 1. The van der Waals surface area contributed by atoms with Gasteiger partial charge in [-0.1, -0.05) is 41.6 Å². The third-order valence-corrected chi connectivity index (χ3v) is 5.50. The van der Waals surface area contributed by atoms with Crippen LogP contribution in [0.4, 0.5) is 0 Å². The summed E-state index contributed by atoms with van der Waals surface area (Å²) in [4.78, 5) is 4.76. The molecule has 1 aromatic carbocycles. The maximum Gasteiger partial charge on any atom is 0.114 e. The number of thiazole rings is 1. The Morgan fingerprint density at radius 2 is 1.89 bits per heavy atom. The minimum Gasteiger partial charge on any atom is -0.319 e. The Hall–Kier alpha value is -0.450. The maximum atomic E-state index is 6.62. The molecule has 1 aromatic heterocycles. The summed E-state index contributed by atoms with van der Waals surface area (Å²) in [5.74, 6) is 0. The summed E-state index contributed by atoms with van der Waals surface area (Å²) in [6.45, 7) is 0. The summed E-state index contributed by atoms with van der Waals surface area (Å²) in [5.41, 5.74) is 7.51. The molecule has 0 bridgehead atoms. The van der Waals surface area contributed by atoms with Gasteiger partial charge in [-0.05, 0) is 31.0 Å². The Bertz CT molecular complexity index is 556. The van der Waals surface area contributed by atoms with Gasteiger partial charge >= 0.3 is 0 Å². The second-order valence-electron chi connectivity index (χ2n) is 5.20. The zero-order valence-corrected chi connectivity index (χ0v) is 12.7. The molecule has 0 radical (unpaired) electrons.